The molecule has 7 saturated heterocycles. The van der Waals surface area contributed by atoms with Gasteiger partial charge in [0.2, 0.25) is 17.8 Å². The number of rotatable bonds is 6. The molecular formula is C36H50F6N2O8. The Balaban J connectivity index is 0.867. The topological polar surface area (TPSA) is 80.3 Å². The molecule has 0 aromatic carbocycles. The number of hydrogen-bond donors (Lipinski definition) is 0. The van der Waals surface area contributed by atoms with Crippen LogP contribution < -0.4 is 0 Å². The number of nitrogens with zero attached hydrogens (tertiary/aromatic N) is 2. The Morgan fingerprint density at radius 1 is 0.769 bits per heavy atom. The second-order valence-corrected chi connectivity index (χ2v) is 17.3. The van der Waals surface area contributed by atoms with E-state index in [1.807, 2.05) is 9.80 Å². The van der Waals surface area contributed by atoms with E-state index < -0.39 is 77.5 Å². The summed E-state index contributed by atoms with van der Waals surface area (Å²) in [4.78, 5) is 15.5. The molecule has 12 atom stereocenters. The van der Waals surface area contributed by atoms with Crippen LogP contribution in [-0.2, 0) is 38.2 Å². The third-order valence-corrected chi connectivity index (χ3v) is 14.2. The van der Waals surface area contributed by atoms with Crippen molar-refractivity contribution in [2.45, 2.75) is 138 Å². The molecule has 2 saturated carbocycles. The highest BCUT2D eigenvalue weighted by Gasteiger charge is 2.75. The second kappa shape index (κ2) is 12.1. The highest BCUT2D eigenvalue weighted by atomic mass is 19.4. The molecule has 294 valence electrons. The number of piperazine rings is 1. The lowest BCUT2D eigenvalue weighted by molar-refractivity contribution is -0.590. The van der Waals surface area contributed by atoms with Gasteiger partial charge in [-0.05, 0) is 75.7 Å². The largest absolute Gasteiger partial charge is 0.456 e. The van der Waals surface area contributed by atoms with Crippen LogP contribution in [0.15, 0.2) is 11.3 Å². The number of ether oxygens (including phenoxy) is 6. The zero-order valence-corrected chi connectivity index (χ0v) is 30.0. The molecule has 0 N–H and O–H groups in total. The Kier molecular flexibility index (Phi) is 8.49. The maximum atomic E-state index is 15.0. The molecule has 10 aliphatic rings. The molecule has 0 aromatic heterocycles. The van der Waals surface area contributed by atoms with Gasteiger partial charge in [0.15, 0.2) is 17.7 Å². The summed E-state index contributed by atoms with van der Waals surface area (Å²) in [5.41, 5.74) is -1.85. The predicted molar refractivity (Wildman–Crippen MR) is 167 cm³/mol. The number of allylic oxidation sites excluding steroid dienone is 1. The van der Waals surface area contributed by atoms with Crippen LogP contribution in [0, 0.1) is 29.6 Å². The summed E-state index contributed by atoms with van der Waals surface area (Å²) in [6, 6.07) is 0. The van der Waals surface area contributed by atoms with E-state index in [1.54, 1.807) is 13.8 Å². The van der Waals surface area contributed by atoms with Crippen LogP contribution in [0.2, 0.25) is 0 Å². The molecule has 52 heavy (non-hydrogen) atoms. The number of alkyl halides is 6. The van der Waals surface area contributed by atoms with Gasteiger partial charge >= 0.3 is 12.4 Å². The van der Waals surface area contributed by atoms with Gasteiger partial charge in [0.1, 0.15) is 5.60 Å². The van der Waals surface area contributed by atoms with E-state index in [0.29, 0.717) is 58.3 Å². The van der Waals surface area contributed by atoms with E-state index >= 15 is 0 Å². The summed E-state index contributed by atoms with van der Waals surface area (Å²) in [6.45, 7) is 7.40. The third kappa shape index (κ3) is 5.46. The first-order valence-electron chi connectivity index (χ1n) is 19.2. The van der Waals surface area contributed by atoms with Crippen molar-refractivity contribution >= 4 is 0 Å². The first-order valence-corrected chi connectivity index (χ1v) is 19.2. The fourth-order valence-corrected chi connectivity index (χ4v) is 11.6. The van der Waals surface area contributed by atoms with Crippen LogP contribution in [0.1, 0.15) is 85.0 Å². The van der Waals surface area contributed by atoms with Gasteiger partial charge < -0.3 is 28.4 Å². The zero-order valence-electron chi connectivity index (χ0n) is 30.0. The summed E-state index contributed by atoms with van der Waals surface area (Å²) in [6.07, 6.45) is -6.29. The molecule has 0 aromatic rings. The number of halogens is 6. The second-order valence-electron chi connectivity index (χ2n) is 17.3. The van der Waals surface area contributed by atoms with Crippen LogP contribution in [-0.4, -0.2) is 109 Å². The summed E-state index contributed by atoms with van der Waals surface area (Å²) in [5, 5.41) is 0. The maximum Gasteiger partial charge on any atom is 0.449 e. The monoisotopic (exact) mass is 752 g/mol. The van der Waals surface area contributed by atoms with Crippen LogP contribution in [0.4, 0.5) is 26.3 Å². The van der Waals surface area contributed by atoms with Crippen molar-refractivity contribution in [2.75, 3.05) is 45.9 Å². The average Bonchev–Trinajstić information content (AvgIpc) is 3.14. The molecule has 0 radical (unpaired) electrons. The summed E-state index contributed by atoms with van der Waals surface area (Å²) in [5.74, 6) is -6.79. The molecule has 0 amide bonds. The molecular weight excluding hydrogens is 702 g/mol. The lowest BCUT2D eigenvalue weighted by Crippen LogP contribution is -2.72. The maximum absolute atomic E-state index is 15.0. The quantitative estimate of drug-likeness (QED) is 0.225. The number of fused-ring (bicyclic) bond motifs is 3. The Hall–Kier alpha value is -1.24. The third-order valence-electron chi connectivity index (χ3n) is 14.2. The van der Waals surface area contributed by atoms with E-state index in [9.17, 15) is 26.3 Å². The van der Waals surface area contributed by atoms with Gasteiger partial charge in [-0.25, -0.2) is 9.78 Å². The molecule has 2 aliphatic carbocycles. The van der Waals surface area contributed by atoms with Gasteiger partial charge in [0.25, 0.3) is 5.79 Å². The molecule has 2 spiro atoms. The minimum absolute atomic E-state index is 0.0277. The molecule has 4 bridgehead atoms. The van der Waals surface area contributed by atoms with Gasteiger partial charge in [-0.1, -0.05) is 13.3 Å². The molecule has 10 nitrogen and oxygen atoms in total. The van der Waals surface area contributed by atoms with Crippen molar-refractivity contribution < 1.29 is 64.5 Å². The van der Waals surface area contributed by atoms with E-state index in [0.717, 1.165) is 25.7 Å². The van der Waals surface area contributed by atoms with Crippen molar-refractivity contribution in [3.63, 3.8) is 0 Å². The highest BCUT2D eigenvalue weighted by Crippen LogP contribution is 2.65. The predicted octanol–water partition coefficient (Wildman–Crippen LogP) is 6.40. The van der Waals surface area contributed by atoms with Crippen LogP contribution in [0.25, 0.3) is 0 Å². The van der Waals surface area contributed by atoms with Crippen molar-refractivity contribution in [3.8, 4) is 0 Å². The van der Waals surface area contributed by atoms with Gasteiger partial charge in [-0.2, -0.15) is 26.3 Å². The first-order chi connectivity index (χ1) is 24.5. The molecule has 16 heteroatoms. The molecule has 8 heterocycles. The van der Waals surface area contributed by atoms with Gasteiger partial charge in [0.05, 0.1) is 6.61 Å². The van der Waals surface area contributed by atoms with E-state index in [1.165, 1.54) is 0 Å². The van der Waals surface area contributed by atoms with E-state index in [4.69, 9.17) is 38.2 Å². The molecule has 10 rings (SSSR count). The lowest BCUT2D eigenvalue weighted by atomic mass is 9.58. The van der Waals surface area contributed by atoms with Crippen molar-refractivity contribution in [1.29, 1.82) is 0 Å². The van der Waals surface area contributed by atoms with E-state index in [-0.39, 0.29) is 43.0 Å². The van der Waals surface area contributed by atoms with Crippen molar-refractivity contribution in [3.05, 3.63) is 11.3 Å². The average molecular weight is 753 g/mol. The zero-order chi connectivity index (χ0) is 36.5. The minimum atomic E-state index is -4.83. The Morgan fingerprint density at radius 3 is 2.23 bits per heavy atom. The molecule has 8 aliphatic heterocycles. The van der Waals surface area contributed by atoms with Gasteiger partial charge in [-0.15, -0.1) is 0 Å². The minimum Gasteiger partial charge on any atom is -0.456 e. The fourth-order valence-electron chi connectivity index (χ4n) is 11.6. The van der Waals surface area contributed by atoms with E-state index in [2.05, 4.69) is 6.92 Å². The Bertz CT molecular complexity index is 1440. The standard InChI is InChI=1S/C36H50F6N2O8/c1-21-7-8-26-24(27(35(37,38)39)46-28-34(26)25(21)10-12-30(2,47-28)50-34)20-44-15-13-43(14-16-44)17-18-45-32(36(40,41)42)19-23-6-4-5-22-9-11-31(3)48-29(49-32)33(22,23)52-51-31/h21-23,25-26,28-29H,4-20H2,1-3H3/t21-,22?,23+,25?,26+,28-,29+,30+,31+,32-,33-,34-/m1/s1. The van der Waals surface area contributed by atoms with Gasteiger partial charge in [0, 0.05) is 70.4 Å². The highest BCUT2D eigenvalue weighted by molar-refractivity contribution is 5.30. The van der Waals surface area contributed by atoms with Crippen LogP contribution in [0.5, 0.6) is 0 Å². The Labute approximate surface area is 299 Å². The first kappa shape index (κ1) is 36.4. The summed E-state index contributed by atoms with van der Waals surface area (Å²) >= 11 is 0. The number of hydrogen-bond acceptors (Lipinski definition) is 10. The fraction of sp³-hybridized carbons (Fsp3) is 0.944. The molecule has 2 unspecified atom stereocenters. The molecule has 9 fully saturated rings. The summed E-state index contributed by atoms with van der Waals surface area (Å²) < 4.78 is 125. The van der Waals surface area contributed by atoms with Crippen molar-refractivity contribution in [1.82, 2.24) is 9.80 Å². The van der Waals surface area contributed by atoms with Crippen molar-refractivity contribution in [2.24, 2.45) is 29.6 Å². The van der Waals surface area contributed by atoms with Crippen LogP contribution >= 0.6 is 0 Å². The Morgan fingerprint density at radius 2 is 1.48 bits per heavy atom. The lowest BCUT2D eigenvalue weighted by Gasteiger charge is -2.59. The SMILES string of the molecule is C[C@@H]1CC[C@H]2C(CN3CCN(CCO[C@]4(C(F)(F)F)C[C@@H]5CCCC6CC[C@]7(C)OO[C@]65[C@@H](O7)O4)CC3)=C(C(F)(F)F)O[C@@H]3O[C@]4(C)CCC1[C@]32O4. The smallest absolute Gasteiger partial charge is 0.449 e. The van der Waals surface area contributed by atoms with Crippen LogP contribution in [0.3, 0.4) is 0 Å². The summed E-state index contributed by atoms with van der Waals surface area (Å²) in [7, 11) is 0. The van der Waals surface area contributed by atoms with Gasteiger partial charge in [-0.3, -0.25) is 9.80 Å². The normalized spacial score (nSPS) is 49.3.